The lowest BCUT2D eigenvalue weighted by Crippen LogP contribution is -2.17. The molecule has 142 valence electrons. The molecule has 27 heavy (non-hydrogen) atoms. The first-order valence-electron chi connectivity index (χ1n) is 7.54. The minimum Gasteiger partial charge on any atom is -0.326 e. The molecule has 2 rings (SSSR count). The highest BCUT2D eigenvalue weighted by molar-refractivity contribution is 6.05. The number of nitro benzene ring substituents is 1. The molecule has 0 heterocycles. The van der Waals surface area contributed by atoms with Gasteiger partial charge < -0.3 is 10.6 Å². The number of halogens is 3. The molecule has 10 heteroatoms. The zero-order valence-corrected chi connectivity index (χ0v) is 14.2. The van der Waals surface area contributed by atoms with Crippen molar-refractivity contribution in [1.82, 2.24) is 0 Å². The average Bonchev–Trinajstić information content (AvgIpc) is 2.54. The second kappa shape index (κ2) is 7.44. The summed E-state index contributed by atoms with van der Waals surface area (Å²) in [4.78, 5) is 33.6. The number of amides is 2. The van der Waals surface area contributed by atoms with Gasteiger partial charge >= 0.3 is 6.18 Å². The number of alkyl halides is 3. The van der Waals surface area contributed by atoms with Gasteiger partial charge in [0, 0.05) is 29.8 Å². The van der Waals surface area contributed by atoms with Crippen molar-refractivity contribution in [3.63, 3.8) is 0 Å². The highest BCUT2D eigenvalue weighted by Gasteiger charge is 2.34. The number of rotatable bonds is 4. The van der Waals surface area contributed by atoms with Gasteiger partial charge in [-0.15, -0.1) is 0 Å². The highest BCUT2D eigenvalue weighted by atomic mass is 19.4. The van der Waals surface area contributed by atoms with Gasteiger partial charge in [-0.1, -0.05) is 6.07 Å². The Bertz CT molecular complexity index is 926. The van der Waals surface area contributed by atoms with Gasteiger partial charge in [0.1, 0.15) is 0 Å². The summed E-state index contributed by atoms with van der Waals surface area (Å²) in [6, 6.07) is 6.48. The molecular weight excluding hydrogens is 367 g/mol. The van der Waals surface area contributed by atoms with Crippen molar-refractivity contribution >= 4 is 28.9 Å². The number of anilines is 2. The lowest BCUT2D eigenvalue weighted by molar-refractivity contribution is -0.385. The van der Waals surface area contributed by atoms with Crippen LogP contribution >= 0.6 is 0 Å². The molecule has 0 aliphatic heterocycles. The maximum absolute atomic E-state index is 13.3. The monoisotopic (exact) mass is 381 g/mol. The molecule has 7 nitrogen and oxygen atoms in total. The first-order chi connectivity index (χ1) is 12.5. The number of carbonyl (C=O) groups excluding carboxylic acids is 2. The fourth-order valence-electron chi connectivity index (χ4n) is 2.31. The van der Waals surface area contributed by atoms with Gasteiger partial charge in [-0.05, 0) is 31.2 Å². The fourth-order valence-corrected chi connectivity index (χ4v) is 2.31. The zero-order chi connectivity index (χ0) is 20.4. The van der Waals surface area contributed by atoms with Gasteiger partial charge in [-0.2, -0.15) is 13.2 Å². The van der Waals surface area contributed by atoms with Crippen molar-refractivity contribution in [2.24, 2.45) is 0 Å². The largest absolute Gasteiger partial charge is 0.418 e. The van der Waals surface area contributed by atoms with Crippen molar-refractivity contribution in [3.05, 3.63) is 63.2 Å². The molecule has 0 radical (unpaired) electrons. The summed E-state index contributed by atoms with van der Waals surface area (Å²) < 4.78 is 39.9. The quantitative estimate of drug-likeness (QED) is 0.614. The molecule has 0 fully saturated rings. The lowest BCUT2D eigenvalue weighted by Gasteiger charge is -2.15. The molecule has 0 aromatic heterocycles. The van der Waals surface area contributed by atoms with E-state index >= 15 is 0 Å². The number of aryl methyl sites for hydroxylation is 1. The summed E-state index contributed by atoms with van der Waals surface area (Å²) >= 11 is 0. The molecule has 0 atom stereocenters. The van der Waals surface area contributed by atoms with Crippen LogP contribution in [-0.4, -0.2) is 16.7 Å². The van der Waals surface area contributed by atoms with Crippen molar-refractivity contribution in [2.45, 2.75) is 20.0 Å². The number of hydrogen-bond acceptors (Lipinski definition) is 4. The highest BCUT2D eigenvalue weighted by Crippen LogP contribution is 2.37. The molecule has 0 spiro atoms. The third kappa shape index (κ3) is 4.81. The van der Waals surface area contributed by atoms with Crippen molar-refractivity contribution in [3.8, 4) is 0 Å². The summed E-state index contributed by atoms with van der Waals surface area (Å²) in [5.74, 6) is -1.48. The Balaban J connectivity index is 2.39. The summed E-state index contributed by atoms with van der Waals surface area (Å²) in [6.07, 6.45) is -4.80. The van der Waals surface area contributed by atoms with Gasteiger partial charge in [-0.25, -0.2) is 0 Å². The van der Waals surface area contributed by atoms with E-state index < -0.39 is 34.2 Å². The Hall–Kier alpha value is -3.43. The molecule has 2 N–H and O–H groups in total. The zero-order valence-electron chi connectivity index (χ0n) is 14.2. The first-order valence-corrected chi connectivity index (χ1v) is 7.54. The Morgan fingerprint density at radius 2 is 1.74 bits per heavy atom. The maximum Gasteiger partial charge on any atom is 0.418 e. The molecule has 0 aliphatic rings. The predicted molar refractivity (Wildman–Crippen MR) is 91.5 cm³/mol. The van der Waals surface area contributed by atoms with E-state index in [1.165, 1.54) is 25.1 Å². The van der Waals surface area contributed by atoms with Crippen LogP contribution in [0.2, 0.25) is 0 Å². The van der Waals surface area contributed by atoms with Crippen molar-refractivity contribution in [2.75, 3.05) is 10.6 Å². The van der Waals surface area contributed by atoms with E-state index in [2.05, 4.69) is 10.6 Å². The Morgan fingerprint density at radius 3 is 2.30 bits per heavy atom. The van der Waals surface area contributed by atoms with Crippen molar-refractivity contribution < 1.29 is 27.7 Å². The standard InChI is InChI=1S/C17H14F3N3O4/c1-9-3-4-11(7-15(9)23(26)27)16(25)22-14-6-5-12(21-10(2)24)8-13(14)17(18,19)20/h3-8H,1-2H3,(H,21,24)(H,22,25). The fraction of sp³-hybridized carbons (Fsp3) is 0.176. The normalized spacial score (nSPS) is 11.0. The molecule has 0 saturated heterocycles. The molecule has 0 unspecified atom stereocenters. The van der Waals surface area contributed by atoms with Crippen LogP contribution in [0.5, 0.6) is 0 Å². The van der Waals surface area contributed by atoms with E-state index in [4.69, 9.17) is 0 Å². The molecule has 0 aliphatic carbocycles. The smallest absolute Gasteiger partial charge is 0.326 e. The number of hydrogen-bond donors (Lipinski definition) is 2. The molecule has 2 aromatic rings. The van der Waals surface area contributed by atoms with E-state index in [0.29, 0.717) is 11.6 Å². The van der Waals surface area contributed by atoms with Crippen LogP contribution in [0, 0.1) is 17.0 Å². The number of nitrogens with zero attached hydrogens (tertiary/aromatic N) is 1. The third-order valence-electron chi connectivity index (χ3n) is 3.56. The second-order valence-electron chi connectivity index (χ2n) is 5.65. The molecule has 2 aromatic carbocycles. The number of benzene rings is 2. The van der Waals surface area contributed by atoms with Crippen molar-refractivity contribution in [1.29, 1.82) is 0 Å². The van der Waals surface area contributed by atoms with Crippen LogP contribution in [0.15, 0.2) is 36.4 Å². The lowest BCUT2D eigenvalue weighted by atomic mass is 10.1. The summed E-state index contributed by atoms with van der Waals surface area (Å²) in [6.45, 7) is 2.62. The minimum absolute atomic E-state index is 0.0844. The van der Waals surface area contributed by atoms with Gasteiger partial charge in [0.25, 0.3) is 11.6 Å². The average molecular weight is 381 g/mol. The van der Waals surface area contributed by atoms with E-state index in [9.17, 15) is 32.9 Å². The SMILES string of the molecule is CC(=O)Nc1ccc(NC(=O)c2ccc(C)c([N+](=O)[O-])c2)c(C(F)(F)F)c1. The number of nitrogens with one attached hydrogen (secondary N) is 2. The Morgan fingerprint density at radius 1 is 1.07 bits per heavy atom. The number of nitro groups is 1. The summed E-state index contributed by atoms with van der Waals surface area (Å²) in [7, 11) is 0. The topological polar surface area (TPSA) is 101 Å². The Labute approximate surface area is 151 Å². The van der Waals surface area contributed by atoms with E-state index in [1.807, 2.05) is 0 Å². The van der Waals surface area contributed by atoms with Gasteiger partial charge in [-0.3, -0.25) is 19.7 Å². The van der Waals surface area contributed by atoms with E-state index in [-0.39, 0.29) is 16.9 Å². The van der Waals surface area contributed by atoms with Crippen LogP contribution in [0.1, 0.15) is 28.4 Å². The van der Waals surface area contributed by atoms with Crippen LogP contribution in [0.4, 0.5) is 30.2 Å². The molecule has 0 saturated carbocycles. The molecular formula is C17H14F3N3O4. The maximum atomic E-state index is 13.3. The van der Waals surface area contributed by atoms with Gasteiger partial charge in [0.15, 0.2) is 0 Å². The van der Waals surface area contributed by atoms with Crippen LogP contribution in [0.3, 0.4) is 0 Å². The number of carbonyl (C=O) groups is 2. The van der Waals surface area contributed by atoms with Gasteiger partial charge in [0.2, 0.25) is 5.91 Å². The van der Waals surface area contributed by atoms with Crippen LogP contribution < -0.4 is 10.6 Å². The van der Waals surface area contributed by atoms with E-state index in [0.717, 1.165) is 19.1 Å². The van der Waals surface area contributed by atoms with Crippen LogP contribution in [-0.2, 0) is 11.0 Å². The minimum atomic E-state index is -4.80. The predicted octanol–water partition coefficient (Wildman–Crippen LogP) is 4.13. The van der Waals surface area contributed by atoms with E-state index in [1.54, 1.807) is 0 Å². The molecule has 2 amide bonds. The van der Waals surface area contributed by atoms with Gasteiger partial charge in [0.05, 0.1) is 16.2 Å². The molecule has 0 bridgehead atoms. The second-order valence-corrected chi connectivity index (χ2v) is 5.65. The third-order valence-corrected chi connectivity index (χ3v) is 3.56. The Kier molecular flexibility index (Phi) is 5.48. The summed E-state index contributed by atoms with van der Waals surface area (Å²) in [5, 5.41) is 15.3. The summed E-state index contributed by atoms with van der Waals surface area (Å²) in [5.41, 5.74) is -1.95. The van der Waals surface area contributed by atoms with Crippen LogP contribution in [0.25, 0.3) is 0 Å². The first kappa shape index (κ1) is 19.9.